The monoisotopic (exact) mass is 226 g/mol. The fourth-order valence-electron chi connectivity index (χ4n) is 1.18. The number of hydrogen-bond donors (Lipinski definition) is 0. The van der Waals surface area contributed by atoms with Crippen LogP contribution in [0.3, 0.4) is 0 Å². The van der Waals surface area contributed by atoms with E-state index in [-0.39, 0.29) is 12.0 Å². The van der Waals surface area contributed by atoms with Crippen molar-refractivity contribution >= 4 is 11.9 Å². The molecule has 0 bridgehead atoms. The Hall–Kier alpha value is -1.91. The van der Waals surface area contributed by atoms with Crippen LogP contribution in [0.2, 0.25) is 0 Å². The lowest BCUT2D eigenvalue weighted by Gasteiger charge is -2.04. The molecule has 0 unspecified atom stereocenters. The van der Waals surface area contributed by atoms with Crippen molar-refractivity contribution in [2.45, 2.75) is 6.42 Å². The van der Waals surface area contributed by atoms with Crippen LogP contribution in [0.25, 0.3) is 0 Å². The molecule has 0 aliphatic heterocycles. The van der Waals surface area contributed by atoms with Crippen LogP contribution in [-0.2, 0) is 20.7 Å². The maximum Gasteiger partial charge on any atom is 0.340 e. The zero-order valence-electron chi connectivity index (χ0n) is 8.95. The Bertz CT molecular complexity index is 414. The Labute approximate surface area is 92.0 Å². The molecule has 0 fully saturated rings. The molecule has 0 saturated carbocycles. The third kappa shape index (κ3) is 2.79. The first kappa shape index (κ1) is 12.2. The summed E-state index contributed by atoms with van der Waals surface area (Å²) in [6.07, 6.45) is -0.0329. The summed E-state index contributed by atoms with van der Waals surface area (Å²) < 4.78 is 22.2. The number of carbonyl (C=O) groups is 2. The highest BCUT2D eigenvalue weighted by Crippen LogP contribution is 2.12. The number of halogens is 1. The third-order valence-electron chi connectivity index (χ3n) is 2.01. The molecule has 16 heavy (non-hydrogen) atoms. The number of rotatable bonds is 3. The molecule has 5 heteroatoms. The SMILES string of the molecule is COC(=O)Cc1ccc(C(=O)OC)c(F)c1. The lowest BCUT2D eigenvalue weighted by molar-refractivity contribution is -0.139. The molecule has 0 saturated heterocycles. The zero-order chi connectivity index (χ0) is 12.1. The second-order valence-corrected chi connectivity index (χ2v) is 3.06. The van der Waals surface area contributed by atoms with Crippen molar-refractivity contribution in [3.63, 3.8) is 0 Å². The molecule has 0 aliphatic rings. The van der Waals surface area contributed by atoms with Crippen molar-refractivity contribution in [1.82, 2.24) is 0 Å². The van der Waals surface area contributed by atoms with Crippen LogP contribution in [0.5, 0.6) is 0 Å². The highest BCUT2D eigenvalue weighted by atomic mass is 19.1. The van der Waals surface area contributed by atoms with Gasteiger partial charge >= 0.3 is 11.9 Å². The lowest BCUT2D eigenvalue weighted by atomic mass is 10.1. The molecule has 1 aromatic carbocycles. The summed E-state index contributed by atoms with van der Waals surface area (Å²) in [5, 5.41) is 0. The Morgan fingerprint density at radius 3 is 2.44 bits per heavy atom. The lowest BCUT2D eigenvalue weighted by Crippen LogP contribution is -2.08. The molecule has 0 N–H and O–H groups in total. The number of esters is 2. The van der Waals surface area contributed by atoms with Crippen LogP contribution < -0.4 is 0 Å². The van der Waals surface area contributed by atoms with Gasteiger partial charge in [-0.2, -0.15) is 0 Å². The number of ether oxygens (including phenoxy) is 2. The van der Waals surface area contributed by atoms with E-state index in [2.05, 4.69) is 9.47 Å². The van der Waals surface area contributed by atoms with E-state index >= 15 is 0 Å². The quantitative estimate of drug-likeness (QED) is 0.729. The largest absolute Gasteiger partial charge is 0.469 e. The van der Waals surface area contributed by atoms with Gasteiger partial charge < -0.3 is 9.47 Å². The minimum atomic E-state index is -0.748. The summed E-state index contributed by atoms with van der Waals surface area (Å²) in [6.45, 7) is 0. The second kappa shape index (κ2) is 5.25. The van der Waals surface area contributed by atoms with Gasteiger partial charge in [-0.25, -0.2) is 9.18 Å². The number of benzene rings is 1. The highest BCUT2D eigenvalue weighted by Gasteiger charge is 2.13. The van der Waals surface area contributed by atoms with E-state index in [1.54, 1.807) is 0 Å². The van der Waals surface area contributed by atoms with Gasteiger partial charge in [-0.15, -0.1) is 0 Å². The van der Waals surface area contributed by atoms with Gasteiger partial charge in [-0.05, 0) is 17.7 Å². The third-order valence-corrected chi connectivity index (χ3v) is 2.01. The molecule has 4 nitrogen and oxygen atoms in total. The molecule has 0 aliphatic carbocycles. The van der Waals surface area contributed by atoms with Crippen LogP contribution >= 0.6 is 0 Å². The molecule has 0 spiro atoms. The summed E-state index contributed by atoms with van der Waals surface area (Å²) in [6, 6.07) is 3.87. The molecule has 0 radical (unpaired) electrons. The van der Waals surface area contributed by atoms with E-state index in [1.165, 1.54) is 26.4 Å². The normalized spacial score (nSPS) is 9.69. The summed E-state index contributed by atoms with van der Waals surface area (Å²) in [5.41, 5.74) is 0.285. The Balaban J connectivity index is 2.91. The van der Waals surface area contributed by atoms with Gasteiger partial charge in [0.15, 0.2) is 0 Å². The molecule has 0 amide bonds. The van der Waals surface area contributed by atoms with Gasteiger partial charge in [-0.1, -0.05) is 6.07 Å². The minimum Gasteiger partial charge on any atom is -0.469 e. The van der Waals surface area contributed by atoms with Gasteiger partial charge in [0, 0.05) is 0 Å². The molecule has 1 aromatic rings. The average molecular weight is 226 g/mol. The van der Waals surface area contributed by atoms with Gasteiger partial charge in [0.2, 0.25) is 0 Å². The maximum atomic E-state index is 13.4. The Morgan fingerprint density at radius 1 is 1.25 bits per heavy atom. The van der Waals surface area contributed by atoms with Crippen LogP contribution in [0.4, 0.5) is 4.39 Å². The fourth-order valence-corrected chi connectivity index (χ4v) is 1.18. The van der Waals surface area contributed by atoms with Gasteiger partial charge in [0.25, 0.3) is 0 Å². The van der Waals surface area contributed by atoms with E-state index < -0.39 is 17.8 Å². The predicted octanol–water partition coefficient (Wildman–Crippen LogP) is 1.33. The average Bonchev–Trinajstić information content (AvgIpc) is 2.28. The summed E-state index contributed by atoms with van der Waals surface area (Å²) in [5.74, 6) is -1.93. The predicted molar refractivity (Wildman–Crippen MR) is 53.5 cm³/mol. The number of carbonyl (C=O) groups excluding carboxylic acids is 2. The van der Waals surface area contributed by atoms with Gasteiger partial charge in [0.05, 0.1) is 26.2 Å². The van der Waals surface area contributed by atoms with Crippen molar-refractivity contribution < 1.29 is 23.5 Å². The number of methoxy groups -OCH3 is 2. The van der Waals surface area contributed by atoms with E-state index in [9.17, 15) is 14.0 Å². The molecule has 0 heterocycles. The zero-order valence-corrected chi connectivity index (χ0v) is 8.95. The minimum absolute atomic E-state index is 0.0329. The number of hydrogen-bond acceptors (Lipinski definition) is 4. The molecule has 1 rings (SSSR count). The first-order valence-electron chi connectivity index (χ1n) is 4.52. The molecule has 86 valence electrons. The van der Waals surface area contributed by atoms with E-state index in [0.717, 1.165) is 6.07 Å². The molecule has 0 aromatic heterocycles. The fraction of sp³-hybridized carbons (Fsp3) is 0.273. The van der Waals surface area contributed by atoms with Gasteiger partial charge in [-0.3, -0.25) is 4.79 Å². The standard InChI is InChI=1S/C11H11FO4/c1-15-10(13)6-7-3-4-8(9(12)5-7)11(14)16-2/h3-5H,6H2,1-2H3. The van der Waals surface area contributed by atoms with Crippen LogP contribution in [0, 0.1) is 5.82 Å². The van der Waals surface area contributed by atoms with Gasteiger partial charge in [0.1, 0.15) is 5.82 Å². The van der Waals surface area contributed by atoms with E-state index in [1.807, 2.05) is 0 Å². The van der Waals surface area contributed by atoms with Crippen LogP contribution in [-0.4, -0.2) is 26.2 Å². The molecule has 0 atom stereocenters. The van der Waals surface area contributed by atoms with Crippen LogP contribution in [0.1, 0.15) is 15.9 Å². The van der Waals surface area contributed by atoms with Crippen molar-refractivity contribution in [3.8, 4) is 0 Å². The highest BCUT2D eigenvalue weighted by molar-refractivity contribution is 5.89. The Morgan fingerprint density at radius 2 is 1.94 bits per heavy atom. The molecular weight excluding hydrogens is 215 g/mol. The van der Waals surface area contributed by atoms with Crippen LogP contribution in [0.15, 0.2) is 18.2 Å². The first-order chi connectivity index (χ1) is 7.58. The van der Waals surface area contributed by atoms with Crippen molar-refractivity contribution in [2.75, 3.05) is 14.2 Å². The first-order valence-corrected chi connectivity index (χ1v) is 4.52. The maximum absolute atomic E-state index is 13.4. The van der Waals surface area contributed by atoms with Crippen molar-refractivity contribution in [1.29, 1.82) is 0 Å². The smallest absolute Gasteiger partial charge is 0.340 e. The van der Waals surface area contributed by atoms with E-state index in [0.29, 0.717) is 5.56 Å². The second-order valence-electron chi connectivity index (χ2n) is 3.06. The van der Waals surface area contributed by atoms with Crippen molar-refractivity contribution in [2.24, 2.45) is 0 Å². The summed E-state index contributed by atoms with van der Waals surface area (Å²) in [7, 11) is 2.42. The summed E-state index contributed by atoms with van der Waals surface area (Å²) in [4.78, 5) is 22.0. The summed E-state index contributed by atoms with van der Waals surface area (Å²) >= 11 is 0. The molecular formula is C11H11FO4. The topological polar surface area (TPSA) is 52.6 Å². The van der Waals surface area contributed by atoms with Crippen molar-refractivity contribution in [3.05, 3.63) is 35.1 Å². The van der Waals surface area contributed by atoms with E-state index in [4.69, 9.17) is 0 Å². The Kier molecular flexibility index (Phi) is 3.99.